The first-order valence-electron chi connectivity index (χ1n) is 13.6. The zero-order valence-corrected chi connectivity index (χ0v) is 25.1. The summed E-state index contributed by atoms with van der Waals surface area (Å²) in [7, 11) is -1.02. The number of hydrogen-bond donors (Lipinski definition) is 3. The fourth-order valence-electron chi connectivity index (χ4n) is 4.62. The Hall–Kier alpha value is -4.20. The largest absolute Gasteiger partial charge is 0.497 e. The number of hydrogen-bond acceptors (Lipinski definition) is 7. The van der Waals surface area contributed by atoms with E-state index in [0.717, 1.165) is 16.4 Å². The highest BCUT2D eigenvalue weighted by atomic mass is 32.2. The van der Waals surface area contributed by atoms with Crippen molar-refractivity contribution in [3.8, 4) is 11.5 Å². The van der Waals surface area contributed by atoms with Crippen LogP contribution in [0.25, 0.3) is 0 Å². The van der Waals surface area contributed by atoms with Crippen molar-refractivity contribution in [3.63, 3.8) is 0 Å². The van der Waals surface area contributed by atoms with E-state index in [2.05, 4.69) is 10.6 Å². The van der Waals surface area contributed by atoms with Gasteiger partial charge < -0.3 is 30.1 Å². The molecule has 43 heavy (non-hydrogen) atoms. The molecule has 1 aliphatic heterocycles. The van der Waals surface area contributed by atoms with Crippen molar-refractivity contribution in [2.45, 2.75) is 30.9 Å². The first kappa shape index (κ1) is 31.7. The lowest BCUT2D eigenvalue weighted by atomic mass is 9.99. The fourth-order valence-corrected chi connectivity index (χ4v) is 5.81. The van der Waals surface area contributed by atoms with E-state index in [1.807, 2.05) is 6.92 Å². The molecule has 230 valence electrons. The van der Waals surface area contributed by atoms with Gasteiger partial charge >= 0.3 is 6.03 Å². The van der Waals surface area contributed by atoms with Crippen molar-refractivity contribution in [2.24, 2.45) is 5.92 Å². The average molecular weight is 615 g/mol. The Morgan fingerprint density at radius 3 is 2.37 bits per heavy atom. The summed E-state index contributed by atoms with van der Waals surface area (Å²) in [5.74, 6) is -0.464. The summed E-state index contributed by atoms with van der Waals surface area (Å²) in [6.45, 7) is 3.35. The lowest BCUT2D eigenvalue weighted by Crippen LogP contribution is -2.50. The molecule has 4 rings (SSSR count). The number of halogens is 1. The van der Waals surface area contributed by atoms with Gasteiger partial charge in [-0.1, -0.05) is 6.92 Å². The first-order valence-corrected chi connectivity index (χ1v) is 15.0. The molecule has 1 aliphatic rings. The summed E-state index contributed by atoms with van der Waals surface area (Å²) in [6.07, 6.45) is -0.697. The molecule has 1 heterocycles. The van der Waals surface area contributed by atoms with Crippen molar-refractivity contribution in [1.29, 1.82) is 0 Å². The second kappa shape index (κ2) is 13.4. The van der Waals surface area contributed by atoms with Crippen LogP contribution in [0.15, 0.2) is 71.6 Å². The molecule has 0 bridgehead atoms. The summed E-state index contributed by atoms with van der Waals surface area (Å²) < 4.78 is 52.3. The second-order valence-corrected chi connectivity index (χ2v) is 12.4. The molecule has 3 amide bonds. The Balaban J connectivity index is 1.59. The lowest BCUT2D eigenvalue weighted by molar-refractivity contribution is 0.0387. The van der Waals surface area contributed by atoms with Gasteiger partial charge in [-0.2, -0.15) is 4.31 Å². The molecule has 0 saturated carbocycles. The van der Waals surface area contributed by atoms with E-state index in [4.69, 9.17) is 9.47 Å². The van der Waals surface area contributed by atoms with Crippen LogP contribution < -0.4 is 20.1 Å². The third-order valence-corrected chi connectivity index (χ3v) is 9.07. The third kappa shape index (κ3) is 7.42. The van der Waals surface area contributed by atoms with E-state index < -0.39 is 39.9 Å². The Morgan fingerprint density at radius 2 is 1.74 bits per heavy atom. The quantitative estimate of drug-likeness (QED) is 0.331. The molecular formula is C30H35FN4O7S. The van der Waals surface area contributed by atoms with Crippen LogP contribution in [-0.2, 0) is 10.0 Å². The Labute approximate surface area is 250 Å². The molecule has 0 spiro atoms. The average Bonchev–Trinajstić information content (AvgIpc) is 2.99. The van der Waals surface area contributed by atoms with Crippen molar-refractivity contribution >= 4 is 33.3 Å². The monoisotopic (exact) mass is 614 g/mol. The first-order chi connectivity index (χ1) is 20.4. The highest BCUT2D eigenvalue weighted by Crippen LogP contribution is 2.31. The van der Waals surface area contributed by atoms with Crippen LogP contribution in [0.4, 0.5) is 20.6 Å². The van der Waals surface area contributed by atoms with Gasteiger partial charge in [0.2, 0.25) is 10.0 Å². The standard InChI is InChI=1S/C30H35FN4O7S/c1-19-16-35(20(2)18-36)29(37)26-15-23(33-30(38)32-22-7-10-24(41-4)11-8-22)9-14-27(26)42-28(19)17-34(3)43(39,40)25-12-5-21(31)6-13-25/h5-15,19-20,28,36H,16-18H2,1-4H3,(H2,32,33,38)/t19-,20-,28+/m1/s1. The molecule has 0 aromatic heterocycles. The molecule has 0 fully saturated rings. The number of benzene rings is 3. The van der Waals surface area contributed by atoms with Crippen LogP contribution in [0.3, 0.4) is 0 Å². The molecule has 0 unspecified atom stereocenters. The van der Waals surface area contributed by atoms with Crippen LogP contribution in [0.2, 0.25) is 0 Å². The highest BCUT2D eigenvalue weighted by molar-refractivity contribution is 7.89. The maximum absolute atomic E-state index is 13.7. The number of carbonyl (C=O) groups excluding carboxylic acids is 2. The van der Waals surface area contributed by atoms with Crippen LogP contribution in [0.5, 0.6) is 11.5 Å². The minimum atomic E-state index is -3.97. The number of fused-ring (bicyclic) bond motifs is 1. The normalized spacial score (nSPS) is 17.7. The van der Waals surface area contributed by atoms with Gasteiger partial charge in [0.25, 0.3) is 5.91 Å². The summed E-state index contributed by atoms with van der Waals surface area (Å²) in [6, 6.07) is 14.8. The smallest absolute Gasteiger partial charge is 0.323 e. The van der Waals surface area contributed by atoms with E-state index in [1.54, 1.807) is 44.4 Å². The molecule has 0 radical (unpaired) electrons. The number of aliphatic hydroxyl groups excluding tert-OH is 1. The number of aliphatic hydroxyl groups is 1. The van der Waals surface area contributed by atoms with Gasteiger partial charge in [-0.05, 0) is 73.7 Å². The molecule has 3 aromatic rings. The molecule has 3 aromatic carbocycles. The van der Waals surface area contributed by atoms with Gasteiger partial charge in [0.1, 0.15) is 23.4 Å². The number of nitrogens with zero attached hydrogens (tertiary/aromatic N) is 2. The minimum absolute atomic E-state index is 0.0652. The number of carbonyl (C=O) groups is 2. The number of sulfonamides is 1. The Bertz CT molecular complexity index is 1550. The summed E-state index contributed by atoms with van der Waals surface area (Å²) >= 11 is 0. The topological polar surface area (TPSA) is 138 Å². The van der Waals surface area contributed by atoms with Crippen molar-refractivity contribution < 1.29 is 37.0 Å². The minimum Gasteiger partial charge on any atom is -0.497 e. The maximum atomic E-state index is 13.7. The molecule has 3 N–H and O–H groups in total. The zero-order valence-electron chi connectivity index (χ0n) is 24.3. The van der Waals surface area contributed by atoms with Gasteiger partial charge in [0, 0.05) is 30.9 Å². The lowest BCUT2D eigenvalue weighted by Gasteiger charge is -2.38. The maximum Gasteiger partial charge on any atom is 0.323 e. The Kier molecular flexibility index (Phi) is 9.89. The second-order valence-electron chi connectivity index (χ2n) is 10.4. The fraction of sp³-hybridized carbons (Fsp3) is 0.333. The third-order valence-electron chi connectivity index (χ3n) is 7.23. The number of ether oxygens (including phenoxy) is 2. The van der Waals surface area contributed by atoms with Crippen molar-refractivity contribution in [2.75, 3.05) is 44.5 Å². The van der Waals surface area contributed by atoms with Crippen LogP contribution >= 0.6 is 0 Å². The molecule has 0 aliphatic carbocycles. The van der Waals surface area contributed by atoms with Gasteiger partial charge in [0.05, 0.1) is 36.8 Å². The number of likely N-dealkylation sites (N-methyl/N-ethyl adjacent to an activating group) is 1. The summed E-state index contributed by atoms with van der Waals surface area (Å²) in [4.78, 5) is 27.8. The van der Waals surface area contributed by atoms with E-state index in [-0.39, 0.29) is 41.8 Å². The van der Waals surface area contributed by atoms with Crippen LogP contribution in [-0.4, -0.2) is 80.7 Å². The highest BCUT2D eigenvalue weighted by Gasteiger charge is 2.35. The van der Waals surface area contributed by atoms with Gasteiger partial charge in [-0.15, -0.1) is 0 Å². The molecule has 11 nitrogen and oxygen atoms in total. The number of methoxy groups -OCH3 is 1. The SMILES string of the molecule is COc1ccc(NC(=O)Nc2ccc3c(c2)C(=O)N([C@H](C)CO)C[C@@H](C)[C@H](CN(C)S(=O)(=O)c2ccc(F)cc2)O3)cc1. The van der Waals surface area contributed by atoms with Crippen molar-refractivity contribution in [3.05, 3.63) is 78.1 Å². The number of anilines is 2. The number of nitrogens with one attached hydrogen (secondary N) is 2. The molecule has 3 atom stereocenters. The van der Waals surface area contributed by atoms with Gasteiger partial charge in [-0.25, -0.2) is 17.6 Å². The van der Waals surface area contributed by atoms with Crippen molar-refractivity contribution in [1.82, 2.24) is 9.21 Å². The summed E-state index contributed by atoms with van der Waals surface area (Å²) in [5.41, 5.74) is 0.992. The zero-order chi connectivity index (χ0) is 31.3. The molecule has 0 saturated heterocycles. The van der Waals surface area contributed by atoms with E-state index in [1.165, 1.54) is 36.2 Å². The van der Waals surface area contributed by atoms with Crippen LogP contribution in [0.1, 0.15) is 24.2 Å². The predicted octanol–water partition coefficient (Wildman–Crippen LogP) is 4.02. The predicted molar refractivity (Wildman–Crippen MR) is 159 cm³/mol. The van der Waals surface area contributed by atoms with Gasteiger partial charge in [0.15, 0.2) is 0 Å². The number of amides is 3. The summed E-state index contributed by atoms with van der Waals surface area (Å²) in [5, 5.41) is 15.3. The van der Waals surface area contributed by atoms with Crippen LogP contribution in [0, 0.1) is 11.7 Å². The van der Waals surface area contributed by atoms with Gasteiger partial charge in [-0.3, -0.25) is 4.79 Å². The number of urea groups is 1. The molecule has 13 heteroatoms. The number of rotatable bonds is 9. The van der Waals surface area contributed by atoms with E-state index in [9.17, 15) is 27.5 Å². The molecular weight excluding hydrogens is 579 g/mol. The van der Waals surface area contributed by atoms with E-state index in [0.29, 0.717) is 17.1 Å². The van der Waals surface area contributed by atoms with E-state index >= 15 is 0 Å². The Morgan fingerprint density at radius 1 is 1.12 bits per heavy atom.